The Morgan fingerprint density at radius 1 is 1.29 bits per heavy atom. The minimum Gasteiger partial charge on any atom is -0.464 e. The first-order valence-electron chi connectivity index (χ1n) is 6.43. The van der Waals surface area contributed by atoms with Crippen molar-refractivity contribution in [2.45, 2.75) is 18.4 Å². The summed E-state index contributed by atoms with van der Waals surface area (Å²) >= 11 is 0. The van der Waals surface area contributed by atoms with E-state index in [1.165, 1.54) is 13.1 Å². The molecule has 1 aromatic carbocycles. The summed E-state index contributed by atoms with van der Waals surface area (Å²) in [6.07, 6.45) is 0. The number of nitrogens with zero attached hydrogens (tertiary/aromatic N) is 1. The van der Waals surface area contributed by atoms with Gasteiger partial charge in [-0.3, -0.25) is 0 Å². The van der Waals surface area contributed by atoms with Crippen LogP contribution in [-0.4, -0.2) is 22.5 Å². The third kappa shape index (κ3) is 3.37. The van der Waals surface area contributed by atoms with Crippen LogP contribution >= 0.6 is 0 Å². The van der Waals surface area contributed by atoms with Crippen LogP contribution in [-0.2, 0) is 16.6 Å². The SMILES string of the molecule is CNS(=O)(=O)c1ccc(N(C)Cc2ccc(C)o2)cc1N. The van der Waals surface area contributed by atoms with Crippen LogP contribution in [0.1, 0.15) is 11.5 Å². The zero-order chi connectivity index (χ0) is 15.6. The molecule has 2 aromatic rings. The minimum atomic E-state index is -3.54. The number of rotatable bonds is 5. The van der Waals surface area contributed by atoms with Crippen molar-refractivity contribution in [3.63, 3.8) is 0 Å². The molecular weight excluding hydrogens is 290 g/mol. The molecule has 0 fully saturated rings. The predicted octanol–water partition coefficient (Wildman–Crippen LogP) is 1.71. The van der Waals surface area contributed by atoms with Gasteiger partial charge < -0.3 is 15.1 Å². The second-order valence-corrected chi connectivity index (χ2v) is 6.65. The van der Waals surface area contributed by atoms with Gasteiger partial charge in [-0.2, -0.15) is 0 Å². The van der Waals surface area contributed by atoms with Gasteiger partial charge in [0.1, 0.15) is 16.4 Å². The highest BCUT2D eigenvalue weighted by molar-refractivity contribution is 7.89. The Hall–Kier alpha value is -1.99. The monoisotopic (exact) mass is 309 g/mol. The lowest BCUT2D eigenvalue weighted by atomic mass is 10.2. The number of aryl methyl sites for hydroxylation is 1. The highest BCUT2D eigenvalue weighted by Gasteiger charge is 2.16. The van der Waals surface area contributed by atoms with Crippen molar-refractivity contribution in [2.24, 2.45) is 0 Å². The lowest BCUT2D eigenvalue weighted by molar-refractivity contribution is 0.482. The van der Waals surface area contributed by atoms with Gasteiger partial charge in [0, 0.05) is 12.7 Å². The Balaban J connectivity index is 2.23. The number of nitrogens with one attached hydrogen (secondary N) is 1. The van der Waals surface area contributed by atoms with E-state index in [1.54, 1.807) is 12.1 Å². The Bertz CT molecular complexity index is 738. The molecule has 0 atom stereocenters. The van der Waals surface area contributed by atoms with Gasteiger partial charge in [-0.1, -0.05) is 0 Å². The van der Waals surface area contributed by atoms with Gasteiger partial charge in [0.2, 0.25) is 10.0 Å². The van der Waals surface area contributed by atoms with E-state index < -0.39 is 10.0 Å². The molecule has 6 nitrogen and oxygen atoms in total. The third-order valence-electron chi connectivity index (χ3n) is 3.18. The van der Waals surface area contributed by atoms with Crippen molar-refractivity contribution >= 4 is 21.4 Å². The minimum absolute atomic E-state index is 0.0796. The van der Waals surface area contributed by atoms with E-state index in [1.807, 2.05) is 31.0 Å². The van der Waals surface area contributed by atoms with Crippen LogP contribution < -0.4 is 15.4 Å². The number of furan rings is 1. The Morgan fingerprint density at radius 2 is 2.00 bits per heavy atom. The highest BCUT2D eigenvalue weighted by atomic mass is 32.2. The van der Waals surface area contributed by atoms with Crippen LogP contribution in [0.5, 0.6) is 0 Å². The fraction of sp³-hybridized carbons (Fsp3) is 0.286. The first-order chi connectivity index (χ1) is 9.83. The van der Waals surface area contributed by atoms with E-state index in [9.17, 15) is 8.42 Å². The molecule has 0 spiro atoms. The maximum Gasteiger partial charge on any atom is 0.242 e. The molecule has 7 heteroatoms. The molecule has 0 amide bonds. The molecule has 0 unspecified atom stereocenters. The fourth-order valence-electron chi connectivity index (χ4n) is 2.02. The quantitative estimate of drug-likeness (QED) is 0.821. The number of benzene rings is 1. The van der Waals surface area contributed by atoms with E-state index in [4.69, 9.17) is 10.2 Å². The van der Waals surface area contributed by atoms with Gasteiger partial charge >= 0.3 is 0 Å². The number of nitrogens with two attached hydrogens (primary N) is 1. The molecule has 21 heavy (non-hydrogen) atoms. The van der Waals surface area contributed by atoms with Gasteiger partial charge in [-0.05, 0) is 44.3 Å². The molecule has 0 saturated heterocycles. The molecule has 0 aliphatic heterocycles. The van der Waals surface area contributed by atoms with Crippen LogP contribution in [0.25, 0.3) is 0 Å². The Labute approximate surface area is 124 Å². The van der Waals surface area contributed by atoms with Crippen molar-refractivity contribution in [3.05, 3.63) is 41.9 Å². The molecule has 0 aliphatic carbocycles. The third-order valence-corrected chi connectivity index (χ3v) is 4.67. The van der Waals surface area contributed by atoms with E-state index in [2.05, 4.69) is 4.72 Å². The number of hydrogen-bond donors (Lipinski definition) is 2. The van der Waals surface area contributed by atoms with E-state index in [-0.39, 0.29) is 10.6 Å². The normalized spacial score (nSPS) is 11.6. The molecule has 1 aromatic heterocycles. The van der Waals surface area contributed by atoms with E-state index in [0.29, 0.717) is 6.54 Å². The lowest BCUT2D eigenvalue weighted by Crippen LogP contribution is -2.21. The summed E-state index contributed by atoms with van der Waals surface area (Å²) in [5, 5.41) is 0. The molecule has 0 bridgehead atoms. The molecule has 0 aliphatic rings. The second-order valence-electron chi connectivity index (χ2n) is 4.80. The fourth-order valence-corrected chi connectivity index (χ4v) is 2.86. The molecule has 0 saturated carbocycles. The van der Waals surface area contributed by atoms with Crippen molar-refractivity contribution < 1.29 is 12.8 Å². The number of nitrogen functional groups attached to an aromatic ring is 1. The standard InChI is InChI=1S/C14H19N3O3S/c1-10-4-6-12(20-10)9-17(3)11-5-7-14(13(15)8-11)21(18,19)16-2/h4-8,16H,9,15H2,1-3H3. The van der Waals surface area contributed by atoms with Crippen LogP contribution in [0.2, 0.25) is 0 Å². The largest absolute Gasteiger partial charge is 0.464 e. The Kier molecular flexibility index (Phi) is 4.24. The molecule has 1 heterocycles. The van der Waals surface area contributed by atoms with E-state index in [0.717, 1.165) is 17.2 Å². The number of hydrogen-bond acceptors (Lipinski definition) is 5. The summed E-state index contributed by atoms with van der Waals surface area (Å²) in [6.45, 7) is 2.46. The summed E-state index contributed by atoms with van der Waals surface area (Å²) in [6, 6.07) is 8.67. The van der Waals surface area contributed by atoms with Crippen LogP contribution in [0.15, 0.2) is 39.6 Å². The molecule has 2 rings (SSSR count). The van der Waals surface area contributed by atoms with Crippen LogP contribution in [0.3, 0.4) is 0 Å². The molecule has 0 radical (unpaired) electrons. The Morgan fingerprint density at radius 3 is 2.52 bits per heavy atom. The van der Waals surface area contributed by atoms with Gasteiger partial charge in [0.15, 0.2) is 0 Å². The van der Waals surface area contributed by atoms with Crippen molar-refractivity contribution in [1.82, 2.24) is 4.72 Å². The summed E-state index contributed by atoms with van der Waals surface area (Å²) in [5.41, 5.74) is 6.88. The van der Waals surface area contributed by atoms with Gasteiger partial charge in [0.05, 0.1) is 12.2 Å². The molecule has 114 valence electrons. The summed E-state index contributed by atoms with van der Waals surface area (Å²) < 4.78 is 31.3. The highest BCUT2D eigenvalue weighted by Crippen LogP contribution is 2.25. The zero-order valence-corrected chi connectivity index (χ0v) is 13.1. The number of sulfonamides is 1. The second kappa shape index (κ2) is 5.79. The first-order valence-corrected chi connectivity index (χ1v) is 7.91. The molecule has 3 N–H and O–H groups in total. The summed E-state index contributed by atoms with van der Waals surface area (Å²) in [4.78, 5) is 2.01. The predicted molar refractivity (Wildman–Crippen MR) is 82.7 cm³/mol. The van der Waals surface area contributed by atoms with Crippen molar-refractivity contribution in [1.29, 1.82) is 0 Å². The van der Waals surface area contributed by atoms with Crippen LogP contribution in [0, 0.1) is 6.92 Å². The van der Waals surface area contributed by atoms with Gasteiger partial charge in [0.25, 0.3) is 0 Å². The summed E-state index contributed by atoms with van der Waals surface area (Å²) in [5.74, 6) is 1.69. The zero-order valence-electron chi connectivity index (χ0n) is 12.3. The maximum absolute atomic E-state index is 11.8. The lowest BCUT2D eigenvalue weighted by Gasteiger charge is -2.19. The van der Waals surface area contributed by atoms with Crippen molar-refractivity contribution in [3.8, 4) is 0 Å². The average Bonchev–Trinajstić information content (AvgIpc) is 2.83. The summed E-state index contributed by atoms with van der Waals surface area (Å²) in [7, 11) is -0.296. The van der Waals surface area contributed by atoms with E-state index >= 15 is 0 Å². The van der Waals surface area contributed by atoms with Crippen molar-refractivity contribution in [2.75, 3.05) is 24.7 Å². The maximum atomic E-state index is 11.8. The van der Waals surface area contributed by atoms with Crippen LogP contribution in [0.4, 0.5) is 11.4 Å². The topological polar surface area (TPSA) is 88.6 Å². The first kappa shape index (κ1) is 15.4. The smallest absolute Gasteiger partial charge is 0.242 e. The average molecular weight is 309 g/mol. The van der Waals surface area contributed by atoms with Gasteiger partial charge in [-0.25, -0.2) is 13.1 Å². The number of anilines is 2. The van der Waals surface area contributed by atoms with Gasteiger partial charge in [-0.15, -0.1) is 0 Å². The molecular formula is C14H19N3O3S.